The van der Waals surface area contributed by atoms with Gasteiger partial charge in [-0.3, -0.25) is 0 Å². The molecule has 1 rings (SSSR count). The summed E-state index contributed by atoms with van der Waals surface area (Å²) >= 11 is 0. The van der Waals surface area contributed by atoms with Crippen LogP contribution < -0.4 is 14.2 Å². The molecule has 0 atom stereocenters. The first-order valence-electron chi connectivity index (χ1n) is 6.13. The highest BCUT2D eigenvalue weighted by atomic mass is 16.5. The van der Waals surface area contributed by atoms with E-state index in [9.17, 15) is 9.59 Å². The molecule has 0 aromatic heterocycles. The molecule has 116 valence electrons. The van der Waals surface area contributed by atoms with Gasteiger partial charge < -0.3 is 23.7 Å². The van der Waals surface area contributed by atoms with Crippen molar-refractivity contribution in [2.75, 3.05) is 35.0 Å². The van der Waals surface area contributed by atoms with Gasteiger partial charge in [0.2, 0.25) is 0 Å². The molecule has 0 aliphatic rings. The summed E-state index contributed by atoms with van der Waals surface area (Å²) in [6.45, 7) is 2.07. The van der Waals surface area contributed by atoms with E-state index in [-0.39, 0.29) is 28.4 Å². The molecule has 0 amide bonds. The van der Waals surface area contributed by atoms with Crippen LogP contribution in [0.4, 0.5) is 0 Å². The van der Waals surface area contributed by atoms with E-state index in [1.54, 1.807) is 6.92 Å². The molecule has 0 aliphatic heterocycles. The van der Waals surface area contributed by atoms with Crippen LogP contribution in [0.1, 0.15) is 27.6 Å². The van der Waals surface area contributed by atoms with Crippen molar-refractivity contribution in [2.24, 2.45) is 0 Å². The minimum absolute atomic E-state index is 0.00282. The van der Waals surface area contributed by atoms with Gasteiger partial charge in [-0.25, -0.2) is 9.59 Å². The highest BCUT2D eigenvalue weighted by molar-refractivity contribution is 6.04. The van der Waals surface area contributed by atoms with E-state index in [4.69, 9.17) is 23.7 Å². The Morgan fingerprint density at radius 3 is 1.81 bits per heavy atom. The third-order valence-corrected chi connectivity index (χ3v) is 2.71. The molecule has 0 N–H and O–H groups in total. The maximum atomic E-state index is 12.0. The van der Waals surface area contributed by atoms with Crippen molar-refractivity contribution in [1.29, 1.82) is 0 Å². The Morgan fingerprint density at radius 2 is 1.43 bits per heavy atom. The minimum Gasteiger partial charge on any atom is -0.496 e. The van der Waals surface area contributed by atoms with Gasteiger partial charge in [0.1, 0.15) is 22.6 Å². The Labute approximate surface area is 122 Å². The average molecular weight is 298 g/mol. The van der Waals surface area contributed by atoms with E-state index in [0.717, 1.165) is 0 Å². The molecule has 0 aliphatic carbocycles. The molecule has 0 bridgehead atoms. The highest BCUT2D eigenvalue weighted by Gasteiger charge is 2.30. The van der Waals surface area contributed by atoms with Crippen LogP contribution in [0, 0.1) is 0 Å². The molecule has 21 heavy (non-hydrogen) atoms. The molecular formula is C14H18O7. The van der Waals surface area contributed by atoms with Gasteiger partial charge in [0.15, 0.2) is 5.75 Å². The first-order valence-corrected chi connectivity index (χ1v) is 6.13. The third kappa shape index (κ3) is 3.18. The zero-order valence-electron chi connectivity index (χ0n) is 12.6. The summed E-state index contributed by atoms with van der Waals surface area (Å²) in [5, 5.41) is 0. The summed E-state index contributed by atoms with van der Waals surface area (Å²) in [4.78, 5) is 23.9. The van der Waals surface area contributed by atoms with Crippen molar-refractivity contribution in [1.82, 2.24) is 0 Å². The van der Waals surface area contributed by atoms with Crippen LogP contribution >= 0.6 is 0 Å². The number of hydrogen-bond acceptors (Lipinski definition) is 7. The molecule has 0 fully saturated rings. The molecule has 1 aromatic carbocycles. The van der Waals surface area contributed by atoms with Crippen LogP contribution in [0.2, 0.25) is 0 Å². The Bertz CT molecular complexity index is 537. The third-order valence-electron chi connectivity index (χ3n) is 2.71. The largest absolute Gasteiger partial charge is 0.496 e. The van der Waals surface area contributed by atoms with Crippen LogP contribution in [0.3, 0.4) is 0 Å². The summed E-state index contributed by atoms with van der Waals surface area (Å²) < 4.78 is 25.2. The Kier molecular flexibility index (Phi) is 5.83. The predicted molar refractivity (Wildman–Crippen MR) is 73.4 cm³/mol. The van der Waals surface area contributed by atoms with Crippen molar-refractivity contribution in [3.63, 3.8) is 0 Å². The number of rotatable bonds is 6. The van der Waals surface area contributed by atoms with Crippen LogP contribution in [0.5, 0.6) is 17.2 Å². The zero-order chi connectivity index (χ0) is 16.0. The second kappa shape index (κ2) is 7.37. The van der Waals surface area contributed by atoms with Crippen molar-refractivity contribution in [2.45, 2.75) is 6.92 Å². The van der Waals surface area contributed by atoms with E-state index in [2.05, 4.69) is 0 Å². The average Bonchev–Trinajstić information content (AvgIpc) is 2.52. The fourth-order valence-electron chi connectivity index (χ4n) is 1.84. The molecule has 0 spiro atoms. The van der Waals surface area contributed by atoms with E-state index in [1.807, 2.05) is 0 Å². The van der Waals surface area contributed by atoms with E-state index in [0.29, 0.717) is 6.61 Å². The number of carbonyl (C=O) groups is 2. The van der Waals surface area contributed by atoms with Gasteiger partial charge in [0.05, 0.1) is 35.0 Å². The molecular weight excluding hydrogens is 280 g/mol. The number of carbonyl (C=O) groups excluding carboxylic acids is 2. The number of benzene rings is 1. The lowest BCUT2D eigenvalue weighted by molar-refractivity contribution is 0.0586. The first kappa shape index (κ1) is 16.6. The quantitative estimate of drug-likeness (QED) is 0.739. The molecule has 0 unspecified atom stereocenters. The maximum Gasteiger partial charge on any atom is 0.345 e. The Morgan fingerprint density at radius 1 is 0.905 bits per heavy atom. The van der Waals surface area contributed by atoms with Crippen LogP contribution in [-0.4, -0.2) is 47.0 Å². The minimum atomic E-state index is -0.697. The lowest BCUT2D eigenvalue weighted by Crippen LogP contribution is -2.14. The molecule has 0 radical (unpaired) electrons. The van der Waals surface area contributed by atoms with Crippen molar-refractivity contribution in [3.05, 3.63) is 17.2 Å². The van der Waals surface area contributed by atoms with Crippen LogP contribution in [0.15, 0.2) is 6.07 Å². The molecule has 7 heteroatoms. The fraction of sp³-hybridized carbons (Fsp3) is 0.429. The van der Waals surface area contributed by atoms with Gasteiger partial charge in [-0.2, -0.15) is 0 Å². The van der Waals surface area contributed by atoms with Gasteiger partial charge in [-0.1, -0.05) is 0 Å². The number of hydrogen-bond donors (Lipinski definition) is 0. The summed E-state index contributed by atoms with van der Waals surface area (Å²) in [6, 6.07) is 1.42. The summed E-state index contributed by atoms with van der Waals surface area (Å²) in [6.07, 6.45) is 0. The van der Waals surface area contributed by atoms with Crippen molar-refractivity contribution >= 4 is 11.9 Å². The van der Waals surface area contributed by atoms with Crippen LogP contribution in [-0.2, 0) is 9.47 Å². The van der Waals surface area contributed by atoms with Crippen molar-refractivity contribution < 1.29 is 33.3 Å². The predicted octanol–water partition coefficient (Wildman–Crippen LogP) is 1.68. The Balaban J connectivity index is 3.72. The zero-order valence-corrected chi connectivity index (χ0v) is 12.6. The number of esters is 2. The topological polar surface area (TPSA) is 80.3 Å². The van der Waals surface area contributed by atoms with Crippen molar-refractivity contribution in [3.8, 4) is 17.2 Å². The lowest BCUT2D eigenvalue weighted by atomic mass is 10.1. The van der Waals surface area contributed by atoms with Gasteiger partial charge in [0, 0.05) is 6.07 Å². The molecule has 1 aromatic rings. The summed E-state index contributed by atoms with van der Waals surface area (Å²) in [7, 11) is 5.15. The van der Waals surface area contributed by atoms with Crippen LogP contribution in [0.25, 0.3) is 0 Å². The van der Waals surface area contributed by atoms with Gasteiger partial charge in [0.25, 0.3) is 0 Å². The summed E-state index contributed by atoms with van der Waals surface area (Å²) in [5.74, 6) is -1.03. The maximum absolute atomic E-state index is 12.0. The molecule has 0 saturated heterocycles. The molecule has 7 nitrogen and oxygen atoms in total. The summed E-state index contributed by atoms with van der Waals surface area (Å²) in [5.41, 5.74) is -0.00518. The molecule has 0 saturated carbocycles. The number of methoxy groups -OCH3 is 4. The van der Waals surface area contributed by atoms with Gasteiger partial charge in [-0.05, 0) is 6.92 Å². The standard InChI is InChI=1S/C14H18O7/c1-6-21-9-7-8(17-2)10(13(15)19-4)12(18-3)11(9)14(16)20-5/h7H,6H2,1-5H3. The normalized spacial score (nSPS) is 9.76. The van der Waals surface area contributed by atoms with E-state index >= 15 is 0 Å². The second-order valence-corrected chi connectivity index (χ2v) is 3.78. The lowest BCUT2D eigenvalue weighted by Gasteiger charge is -2.18. The smallest absolute Gasteiger partial charge is 0.345 e. The highest BCUT2D eigenvalue weighted by Crippen LogP contribution is 2.40. The second-order valence-electron chi connectivity index (χ2n) is 3.78. The van der Waals surface area contributed by atoms with E-state index < -0.39 is 11.9 Å². The molecule has 0 heterocycles. The number of ether oxygens (including phenoxy) is 5. The SMILES string of the molecule is CCOc1cc(OC)c(C(=O)OC)c(OC)c1C(=O)OC. The monoisotopic (exact) mass is 298 g/mol. The first-order chi connectivity index (χ1) is 10.0. The fourth-order valence-corrected chi connectivity index (χ4v) is 1.84. The van der Waals surface area contributed by atoms with Gasteiger partial charge >= 0.3 is 11.9 Å². The van der Waals surface area contributed by atoms with Gasteiger partial charge in [-0.15, -0.1) is 0 Å². The Hall–Kier alpha value is -2.44. The van der Waals surface area contributed by atoms with E-state index in [1.165, 1.54) is 34.5 Å².